The Morgan fingerprint density at radius 3 is 2.79 bits per heavy atom. The minimum absolute atomic E-state index is 0.728. The van der Waals surface area contributed by atoms with Crippen LogP contribution in [0.4, 0.5) is 5.69 Å². The fourth-order valence-electron chi connectivity index (χ4n) is 2.25. The van der Waals surface area contributed by atoms with Crippen molar-refractivity contribution >= 4 is 16.7 Å². The first-order valence-corrected chi connectivity index (χ1v) is 6.08. The van der Waals surface area contributed by atoms with Gasteiger partial charge in [-0.05, 0) is 30.7 Å². The quantitative estimate of drug-likeness (QED) is 0.690. The SMILES string of the molecule is COc1ccc2nc(-c3c(C)cccc3N)[nH]c2c1. The summed E-state index contributed by atoms with van der Waals surface area (Å²) in [5, 5.41) is 0. The van der Waals surface area contributed by atoms with Gasteiger partial charge < -0.3 is 15.5 Å². The Kier molecular flexibility index (Phi) is 2.63. The Morgan fingerprint density at radius 1 is 1.21 bits per heavy atom. The highest BCUT2D eigenvalue weighted by atomic mass is 16.5. The van der Waals surface area contributed by atoms with Gasteiger partial charge in [0.1, 0.15) is 11.6 Å². The van der Waals surface area contributed by atoms with Crippen molar-refractivity contribution in [3.8, 4) is 17.1 Å². The van der Waals surface area contributed by atoms with Crippen molar-refractivity contribution in [1.29, 1.82) is 0 Å². The lowest BCUT2D eigenvalue weighted by atomic mass is 10.1. The van der Waals surface area contributed by atoms with E-state index in [9.17, 15) is 0 Å². The van der Waals surface area contributed by atoms with Crippen molar-refractivity contribution in [1.82, 2.24) is 9.97 Å². The number of benzene rings is 2. The van der Waals surface area contributed by atoms with Crippen molar-refractivity contribution in [2.45, 2.75) is 6.92 Å². The number of aromatic amines is 1. The number of imidazole rings is 1. The van der Waals surface area contributed by atoms with E-state index in [0.29, 0.717) is 0 Å². The van der Waals surface area contributed by atoms with E-state index in [1.165, 1.54) is 0 Å². The summed E-state index contributed by atoms with van der Waals surface area (Å²) in [6.07, 6.45) is 0. The molecule has 0 aliphatic carbocycles. The zero-order chi connectivity index (χ0) is 13.4. The van der Waals surface area contributed by atoms with Crippen LogP contribution in [-0.2, 0) is 0 Å². The number of methoxy groups -OCH3 is 1. The molecular formula is C15H15N3O. The Balaban J connectivity index is 2.21. The van der Waals surface area contributed by atoms with Crippen LogP contribution in [0.1, 0.15) is 5.56 Å². The number of nitrogens with two attached hydrogens (primary N) is 1. The highest BCUT2D eigenvalue weighted by Crippen LogP contribution is 2.29. The molecule has 0 spiro atoms. The van der Waals surface area contributed by atoms with Crippen molar-refractivity contribution in [3.63, 3.8) is 0 Å². The van der Waals surface area contributed by atoms with Gasteiger partial charge in [-0.15, -0.1) is 0 Å². The van der Waals surface area contributed by atoms with Crippen LogP contribution in [-0.4, -0.2) is 17.1 Å². The van der Waals surface area contributed by atoms with Crippen LogP contribution in [0, 0.1) is 6.92 Å². The molecule has 0 unspecified atom stereocenters. The highest BCUT2D eigenvalue weighted by molar-refractivity contribution is 5.84. The maximum absolute atomic E-state index is 6.05. The van der Waals surface area contributed by atoms with Gasteiger partial charge in [0.25, 0.3) is 0 Å². The van der Waals surface area contributed by atoms with Gasteiger partial charge in [0.15, 0.2) is 0 Å². The number of aromatic nitrogens is 2. The lowest BCUT2D eigenvalue weighted by molar-refractivity contribution is 0.415. The summed E-state index contributed by atoms with van der Waals surface area (Å²) in [4.78, 5) is 7.89. The van der Waals surface area contributed by atoms with Crippen LogP contribution in [0.5, 0.6) is 5.75 Å². The molecule has 4 nitrogen and oxygen atoms in total. The molecule has 1 heterocycles. The summed E-state index contributed by atoms with van der Waals surface area (Å²) in [6.45, 7) is 2.03. The first-order valence-electron chi connectivity index (χ1n) is 6.08. The lowest BCUT2D eigenvalue weighted by Crippen LogP contribution is -1.93. The second-order valence-corrected chi connectivity index (χ2v) is 4.51. The molecule has 19 heavy (non-hydrogen) atoms. The van der Waals surface area contributed by atoms with E-state index in [2.05, 4.69) is 9.97 Å². The Bertz CT molecular complexity index is 726. The minimum Gasteiger partial charge on any atom is -0.497 e. The normalized spacial score (nSPS) is 10.8. The molecule has 4 heteroatoms. The summed E-state index contributed by atoms with van der Waals surface area (Å²) in [6, 6.07) is 11.6. The van der Waals surface area contributed by atoms with Gasteiger partial charge in [-0.1, -0.05) is 12.1 Å². The maximum Gasteiger partial charge on any atom is 0.140 e. The molecule has 3 rings (SSSR count). The molecule has 0 aliphatic rings. The van der Waals surface area contributed by atoms with Crippen LogP contribution in [0.15, 0.2) is 36.4 Å². The number of nitrogen functional groups attached to an aromatic ring is 1. The Morgan fingerprint density at radius 2 is 2.05 bits per heavy atom. The Hall–Kier alpha value is -2.49. The topological polar surface area (TPSA) is 63.9 Å². The standard InChI is InChI=1S/C15H15N3O/c1-9-4-3-5-11(16)14(9)15-17-12-7-6-10(19-2)8-13(12)18-15/h3-8H,16H2,1-2H3,(H,17,18). The third-order valence-electron chi connectivity index (χ3n) is 3.23. The molecule has 0 radical (unpaired) electrons. The number of fused-ring (bicyclic) bond motifs is 1. The summed E-state index contributed by atoms with van der Waals surface area (Å²) in [5.41, 5.74) is 10.7. The van der Waals surface area contributed by atoms with Gasteiger partial charge in [0, 0.05) is 17.3 Å². The van der Waals surface area contributed by atoms with Gasteiger partial charge in [-0.3, -0.25) is 0 Å². The van der Waals surface area contributed by atoms with E-state index in [4.69, 9.17) is 10.5 Å². The van der Waals surface area contributed by atoms with E-state index in [1.807, 2.05) is 43.3 Å². The molecule has 0 aliphatic heterocycles. The van der Waals surface area contributed by atoms with Gasteiger partial charge in [-0.2, -0.15) is 0 Å². The number of hydrogen-bond acceptors (Lipinski definition) is 3. The fourth-order valence-corrected chi connectivity index (χ4v) is 2.25. The van der Waals surface area contributed by atoms with Crippen LogP contribution in [0.2, 0.25) is 0 Å². The molecule has 0 saturated heterocycles. The van der Waals surface area contributed by atoms with Gasteiger partial charge >= 0.3 is 0 Å². The average molecular weight is 253 g/mol. The molecule has 0 saturated carbocycles. The zero-order valence-corrected chi connectivity index (χ0v) is 10.9. The number of aryl methyl sites for hydroxylation is 1. The zero-order valence-electron chi connectivity index (χ0n) is 10.9. The third kappa shape index (κ3) is 1.91. The van der Waals surface area contributed by atoms with E-state index in [1.54, 1.807) is 7.11 Å². The summed E-state index contributed by atoms with van der Waals surface area (Å²) >= 11 is 0. The lowest BCUT2D eigenvalue weighted by Gasteiger charge is -2.05. The van der Waals surface area contributed by atoms with E-state index in [0.717, 1.165) is 39.4 Å². The first kappa shape index (κ1) is 11.6. The third-order valence-corrected chi connectivity index (χ3v) is 3.23. The second kappa shape index (κ2) is 4.31. The van der Waals surface area contributed by atoms with E-state index in [-0.39, 0.29) is 0 Å². The molecule has 1 aromatic heterocycles. The van der Waals surface area contributed by atoms with Crippen molar-refractivity contribution < 1.29 is 4.74 Å². The van der Waals surface area contributed by atoms with Gasteiger partial charge in [-0.25, -0.2) is 4.98 Å². The molecule has 3 aromatic rings. The number of rotatable bonds is 2. The molecule has 0 fully saturated rings. The fraction of sp³-hybridized carbons (Fsp3) is 0.133. The molecule has 2 aromatic carbocycles. The summed E-state index contributed by atoms with van der Waals surface area (Å²) in [5.74, 6) is 1.60. The number of nitrogens with one attached hydrogen (secondary N) is 1. The Labute approximate surface area is 111 Å². The van der Waals surface area contributed by atoms with Gasteiger partial charge in [0.05, 0.1) is 18.1 Å². The first-order chi connectivity index (χ1) is 9.19. The molecule has 0 atom stereocenters. The number of H-pyrrole nitrogens is 1. The van der Waals surface area contributed by atoms with Crippen LogP contribution < -0.4 is 10.5 Å². The van der Waals surface area contributed by atoms with Crippen molar-refractivity contribution in [3.05, 3.63) is 42.0 Å². The number of anilines is 1. The molecule has 0 amide bonds. The maximum atomic E-state index is 6.05. The van der Waals surface area contributed by atoms with Crippen molar-refractivity contribution in [2.24, 2.45) is 0 Å². The highest BCUT2D eigenvalue weighted by Gasteiger charge is 2.11. The van der Waals surface area contributed by atoms with Crippen LogP contribution >= 0.6 is 0 Å². The van der Waals surface area contributed by atoms with Gasteiger partial charge in [0.2, 0.25) is 0 Å². The predicted octanol–water partition coefficient (Wildman–Crippen LogP) is 3.13. The molecule has 0 bridgehead atoms. The van der Waals surface area contributed by atoms with E-state index < -0.39 is 0 Å². The molecular weight excluding hydrogens is 238 g/mol. The monoisotopic (exact) mass is 253 g/mol. The number of nitrogens with zero attached hydrogens (tertiary/aromatic N) is 1. The number of hydrogen-bond donors (Lipinski definition) is 2. The smallest absolute Gasteiger partial charge is 0.140 e. The summed E-state index contributed by atoms with van der Waals surface area (Å²) in [7, 11) is 1.65. The predicted molar refractivity (Wildman–Crippen MR) is 77.2 cm³/mol. The average Bonchev–Trinajstić information content (AvgIpc) is 2.80. The second-order valence-electron chi connectivity index (χ2n) is 4.51. The summed E-state index contributed by atoms with van der Waals surface area (Å²) < 4.78 is 5.21. The van der Waals surface area contributed by atoms with Crippen LogP contribution in [0.3, 0.4) is 0 Å². The van der Waals surface area contributed by atoms with E-state index >= 15 is 0 Å². The molecule has 96 valence electrons. The minimum atomic E-state index is 0.728. The molecule has 3 N–H and O–H groups in total. The van der Waals surface area contributed by atoms with Crippen molar-refractivity contribution in [2.75, 3.05) is 12.8 Å². The largest absolute Gasteiger partial charge is 0.497 e. The van der Waals surface area contributed by atoms with Crippen LogP contribution in [0.25, 0.3) is 22.4 Å². The number of ether oxygens (including phenoxy) is 1.